The first-order valence-electron chi connectivity index (χ1n) is 3.81. The summed E-state index contributed by atoms with van der Waals surface area (Å²) in [7, 11) is 0. The van der Waals surface area contributed by atoms with Gasteiger partial charge >= 0.3 is 0 Å². The maximum absolute atomic E-state index is 11.1. The van der Waals surface area contributed by atoms with Gasteiger partial charge < -0.3 is 9.80 Å². The molecule has 0 radical (unpaired) electrons. The largest absolute Gasteiger partial charge is 0.342 e. The highest BCUT2D eigenvalue weighted by Crippen LogP contribution is 2.00. The molecular formula is C7H11BrN2O2. The standard InChI is InChI=1S/C7H11BrN2O2/c8-5-7(12)10-3-1-9(6-11)2-4-10/h6H,1-5H2. The van der Waals surface area contributed by atoms with Gasteiger partial charge in [-0.3, -0.25) is 9.59 Å². The third-order valence-corrected chi connectivity index (χ3v) is 2.41. The molecule has 1 heterocycles. The van der Waals surface area contributed by atoms with E-state index in [-0.39, 0.29) is 5.91 Å². The van der Waals surface area contributed by atoms with E-state index in [1.54, 1.807) is 9.80 Å². The summed E-state index contributed by atoms with van der Waals surface area (Å²) in [6.07, 6.45) is 0.829. The number of halogens is 1. The third-order valence-electron chi connectivity index (χ3n) is 1.93. The van der Waals surface area contributed by atoms with Crippen LogP contribution in [0.3, 0.4) is 0 Å². The van der Waals surface area contributed by atoms with E-state index in [1.807, 2.05) is 0 Å². The molecule has 1 rings (SSSR count). The Morgan fingerprint density at radius 1 is 1.33 bits per heavy atom. The van der Waals surface area contributed by atoms with E-state index in [2.05, 4.69) is 15.9 Å². The summed E-state index contributed by atoms with van der Waals surface area (Å²) >= 11 is 3.11. The number of alkyl halides is 1. The highest BCUT2D eigenvalue weighted by Gasteiger charge is 2.18. The Hall–Kier alpha value is -0.580. The lowest BCUT2D eigenvalue weighted by Crippen LogP contribution is -2.48. The van der Waals surface area contributed by atoms with Crippen molar-refractivity contribution in [3.63, 3.8) is 0 Å². The van der Waals surface area contributed by atoms with Crippen LogP contribution < -0.4 is 0 Å². The summed E-state index contributed by atoms with van der Waals surface area (Å²) in [5.41, 5.74) is 0. The predicted octanol–water partition coefficient (Wildman–Crippen LogP) is -0.318. The SMILES string of the molecule is O=CN1CCN(C(=O)CBr)CC1. The first-order chi connectivity index (χ1) is 5.77. The van der Waals surface area contributed by atoms with E-state index in [1.165, 1.54) is 0 Å². The minimum Gasteiger partial charge on any atom is -0.342 e. The van der Waals surface area contributed by atoms with Gasteiger partial charge in [-0.2, -0.15) is 0 Å². The van der Waals surface area contributed by atoms with Gasteiger partial charge in [0.15, 0.2) is 0 Å². The van der Waals surface area contributed by atoms with E-state index >= 15 is 0 Å². The molecule has 0 atom stereocenters. The molecule has 1 saturated heterocycles. The summed E-state index contributed by atoms with van der Waals surface area (Å²) in [6.45, 7) is 2.62. The normalized spacial score (nSPS) is 17.8. The molecule has 0 saturated carbocycles. The van der Waals surface area contributed by atoms with Gasteiger partial charge in [0.2, 0.25) is 12.3 Å². The molecule has 1 fully saturated rings. The minimum absolute atomic E-state index is 0.0977. The Kier molecular flexibility index (Phi) is 3.52. The van der Waals surface area contributed by atoms with Gasteiger partial charge in [-0.05, 0) is 0 Å². The number of rotatable bonds is 2. The molecule has 68 valence electrons. The van der Waals surface area contributed by atoms with Gasteiger partial charge in [0.1, 0.15) is 0 Å². The maximum Gasteiger partial charge on any atom is 0.233 e. The van der Waals surface area contributed by atoms with Crippen LogP contribution in [0.25, 0.3) is 0 Å². The zero-order valence-electron chi connectivity index (χ0n) is 6.70. The lowest BCUT2D eigenvalue weighted by Gasteiger charge is -2.32. The first-order valence-corrected chi connectivity index (χ1v) is 4.93. The van der Waals surface area contributed by atoms with Gasteiger partial charge in [0.05, 0.1) is 5.33 Å². The van der Waals surface area contributed by atoms with Crippen LogP contribution in [0, 0.1) is 0 Å². The Morgan fingerprint density at radius 3 is 2.33 bits per heavy atom. The third kappa shape index (κ3) is 2.20. The van der Waals surface area contributed by atoms with Crippen molar-refractivity contribution in [3.05, 3.63) is 0 Å². The summed E-state index contributed by atoms with van der Waals surface area (Å²) in [4.78, 5) is 24.9. The molecule has 12 heavy (non-hydrogen) atoms. The molecule has 0 aromatic carbocycles. The molecule has 0 spiro atoms. The Balaban J connectivity index is 2.35. The smallest absolute Gasteiger partial charge is 0.233 e. The molecule has 0 aromatic rings. The molecule has 2 amide bonds. The van der Waals surface area contributed by atoms with Gasteiger partial charge in [-0.15, -0.1) is 0 Å². The van der Waals surface area contributed by atoms with E-state index in [4.69, 9.17) is 0 Å². The highest BCUT2D eigenvalue weighted by molar-refractivity contribution is 9.09. The molecule has 0 aliphatic carbocycles. The maximum atomic E-state index is 11.1. The van der Waals surface area contributed by atoms with Crippen molar-refractivity contribution in [2.24, 2.45) is 0 Å². The number of carbonyl (C=O) groups excluding carboxylic acids is 2. The molecule has 0 bridgehead atoms. The van der Waals surface area contributed by atoms with Crippen LogP contribution in [0.5, 0.6) is 0 Å². The summed E-state index contributed by atoms with van der Waals surface area (Å²) < 4.78 is 0. The van der Waals surface area contributed by atoms with Crippen molar-refractivity contribution in [1.29, 1.82) is 0 Å². The average molecular weight is 235 g/mol. The summed E-state index contributed by atoms with van der Waals surface area (Å²) in [5, 5.41) is 0.369. The van der Waals surface area contributed by atoms with E-state index in [9.17, 15) is 9.59 Å². The lowest BCUT2D eigenvalue weighted by atomic mass is 10.3. The van der Waals surface area contributed by atoms with Crippen molar-refractivity contribution in [2.75, 3.05) is 31.5 Å². The minimum atomic E-state index is 0.0977. The van der Waals surface area contributed by atoms with Crippen LogP contribution in [-0.4, -0.2) is 53.6 Å². The monoisotopic (exact) mass is 234 g/mol. The van der Waals surface area contributed by atoms with E-state index < -0.39 is 0 Å². The van der Waals surface area contributed by atoms with Crippen LogP contribution in [-0.2, 0) is 9.59 Å². The Bertz CT molecular complexity index is 178. The molecule has 1 aliphatic heterocycles. The predicted molar refractivity (Wildman–Crippen MR) is 48.0 cm³/mol. The van der Waals surface area contributed by atoms with Crippen molar-refractivity contribution in [2.45, 2.75) is 0 Å². The van der Waals surface area contributed by atoms with Crippen LogP contribution in [0.2, 0.25) is 0 Å². The molecule has 0 aromatic heterocycles. The van der Waals surface area contributed by atoms with Crippen molar-refractivity contribution >= 4 is 28.2 Å². The summed E-state index contributed by atoms with van der Waals surface area (Å²) in [6, 6.07) is 0. The lowest BCUT2D eigenvalue weighted by molar-refractivity contribution is -0.132. The van der Waals surface area contributed by atoms with Crippen LogP contribution in [0.1, 0.15) is 0 Å². The molecular weight excluding hydrogens is 224 g/mol. The van der Waals surface area contributed by atoms with Crippen molar-refractivity contribution in [3.8, 4) is 0 Å². The quantitative estimate of drug-likeness (QED) is 0.486. The van der Waals surface area contributed by atoms with Gasteiger partial charge in [0, 0.05) is 26.2 Å². The number of hydrogen-bond acceptors (Lipinski definition) is 2. The molecule has 0 unspecified atom stereocenters. The molecule has 4 nitrogen and oxygen atoms in total. The molecule has 5 heteroatoms. The molecule has 0 N–H and O–H groups in total. The Morgan fingerprint density at radius 2 is 1.92 bits per heavy atom. The fourth-order valence-corrected chi connectivity index (χ4v) is 1.52. The topological polar surface area (TPSA) is 40.6 Å². The number of piperazine rings is 1. The fraction of sp³-hybridized carbons (Fsp3) is 0.714. The number of nitrogens with zero attached hydrogens (tertiary/aromatic N) is 2. The zero-order valence-corrected chi connectivity index (χ0v) is 8.29. The van der Waals surface area contributed by atoms with Crippen LogP contribution >= 0.6 is 15.9 Å². The van der Waals surface area contributed by atoms with Gasteiger partial charge in [0.25, 0.3) is 0 Å². The number of hydrogen-bond donors (Lipinski definition) is 0. The fourth-order valence-electron chi connectivity index (χ4n) is 1.16. The molecule has 1 aliphatic rings. The Labute approximate surface area is 79.6 Å². The van der Waals surface area contributed by atoms with Crippen LogP contribution in [0.4, 0.5) is 0 Å². The second kappa shape index (κ2) is 4.45. The second-order valence-electron chi connectivity index (χ2n) is 2.66. The van der Waals surface area contributed by atoms with Crippen molar-refractivity contribution < 1.29 is 9.59 Å². The second-order valence-corrected chi connectivity index (χ2v) is 3.22. The van der Waals surface area contributed by atoms with Crippen molar-refractivity contribution in [1.82, 2.24) is 9.80 Å². The number of amides is 2. The van der Waals surface area contributed by atoms with E-state index in [0.29, 0.717) is 31.5 Å². The average Bonchev–Trinajstić information content (AvgIpc) is 2.17. The van der Waals surface area contributed by atoms with Gasteiger partial charge in [-0.1, -0.05) is 15.9 Å². The summed E-state index contributed by atoms with van der Waals surface area (Å²) in [5.74, 6) is 0.0977. The zero-order chi connectivity index (χ0) is 8.97. The first kappa shape index (κ1) is 9.51. The van der Waals surface area contributed by atoms with Crippen LogP contribution in [0.15, 0.2) is 0 Å². The van der Waals surface area contributed by atoms with Gasteiger partial charge in [-0.25, -0.2) is 0 Å². The highest BCUT2D eigenvalue weighted by atomic mass is 79.9. The van der Waals surface area contributed by atoms with E-state index in [0.717, 1.165) is 6.41 Å². The number of carbonyl (C=O) groups is 2.